The third-order valence-corrected chi connectivity index (χ3v) is 3.54. The number of rotatable bonds is 5. The van der Waals surface area contributed by atoms with E-state index in [4.69, 9.17) is 4.74 Å². The van der Waals surface area contributed by atoms with Crippen LogP contribution in [0.1, 0.15) is 15.2 Å². The Morgan fingerprint density at radius 2 is 2.10 bits per heavy atom. The summed E-state index contributed by atoms with van der Waals surface area (Å²) < 4.78 is 7.14. The highest BCUT2D eigenvalue weighted by atomic mass is 32.1. The number of nitrogens with zero attached hydrogens (tertiary/aromatic N) is 3. The molecule has 106 valence electrons. The number of hydrogen-bond acceptors (Lipinski definition) is 5. The van der Waals surface area contributed by atoms with Gasteiger partial charge in [-0.3, -0.25) is 4.98 Å². The van der Waals surface area contributed by atoms with Crippen LogP contribution in [0.25, 0.3) is 5.69 Å². The van der Waals surface area contributed by atoms with Gasteiger partial charge in [0.05, 0.1) is 22.3 Å². The fourth-order valence-electron chi connectivity index (χ4n) is 1.83. The molecule has 0 aliphatic carbocycles. The van der Waals surface area contributed by atoms with Crippen LogP contribution in [0, 0.1) is 0 Å². The van der Waals surface area contributed by atoms with Crippen LogP contribution in [-0.2, 0) is 6.61 Å². The molecule has 0 aliphatic rings. The highest BCUT2D eigenvalue weighted by Gasteiger charge is 2.19. The van der Waals surface area contributed by atoms with E-state index in [-0.39, 0.29) is 18.1 Å². The van der Waals surface area contributed by atoms with Gasteiger partial charge in [0.25, 0.3) is 0 Å². The van der Waals surface area contributed by atoms with Crippen molar-refractivity contribution < 1.29 is 14.6 Å². The van der Waals surface area contributed by atoms with E-state index in [0.29, 0.717) is 0 Å². The maximum absolute atomic E-state index is 11.3. The lowest BCUT2D eigenvalue weighted by atomic mass is 10.3. The molecule has 2 aromatic heterocycles. The number of carboxylic acids is 1. The van der Waals surface area contributed by atoms with Crippen molar-refractivity contribution in [3.63, 3.8) is 0 Å². The summed E-state index contributed by atoms with van der Waals surface area (Å²) in [5.74, 6) is -0.862. The van der Waals surface area contributed by atoms with Gasteiger partial charge in [-0.15, -0.1) is 11.3 Å². The number of carboxylic acid groups (broad SMARTS) is 1. The molecular weight excluding hydrogens is 290 g/mol. The summed E-state index contributed by atoms with van der Waals surface area (Å²) in [7, 11) is 0. The molecule has 0 bridgehead atoms. The van der Waals surface area contributed by atoms with Gasteiger partial charge < -0.3 is 9.84 Å². The molecule has 0 saturated heterocycles. The number of para-hydroxylation sites is 1. The Labute approximate surface area is 124 Å². The van der Waals surface area contributed by atoms with E-state index in [1.165, 1.54) is 22.2 Å². The minimum atomic E-state index is -1.07. The lowest BCUT2D eigenvalue weighted by Crippen LogP contribution is -2.06. The second kappa shape index (κ2) is 5.76. The topological polar surface area (TPSA) is 77.2 Å². The molecule has 6 nitrogen and oxygen atoms in total. The highest BCUT2D eigenvalue weighted by Crippen LogP contribution is 2.24. The third-order valence-electron chi connectivity index (χ3n) is 2.79. The molecule has 0 aliphatic heterocycles. The van der Waals surface area contributed by atoms with Crippen LogP contribution < -0.4 is 4.74 Å². The van der Waals surface area contributed by atoms with Crippen LogP contribution >= 0.6 is 11.3 Å². The van der Waals surface area contributed by atoms with Gasteiger partial charge in [-0.25, -0.2) is 9.48 Å². The molecule has 7 heteroatoms. The van der Waals surface area contributed by atoms with E-state index in [0.717, 1.165) is 10.6 Å². The van der Waals surface area contributed by atoms with E-state index in [9.17, 15) is 9.90 Å². The Kier molecular flexibility index (Phi) is 3.65. The van der Waals surface area contributed by atoms with Crippen molar-refractivity contribution in [3.05, 3.63) is 58.7 Å². The number of aromatic nitrogens is 3. The Hall–Kier alpha value is -2.67. The largest absolute Gasteiger partial charge is 0.477 e. The molecule has 0 saturated carbocycles. The average molecular weight is 301 g/mol. The fourth-order valence-corrected chi connectivity index (χ4v) is 2.33. The molecule has 1 aromatic carbocycles. The number of carbonyl (C=O) groups is 1. The van der Waals surface area contributed by atoms with Crippen LogP contribution in [0.4, 0.5) is 0 Å². The van der Waals surface area contributed by atoms with Crippen molar-refractivity contribution in [1.82, 2.24) is 14.8 Å². The Bertz CT molecular complexity index is 738. The first-order valence-corrected chi connectivity index (χ1v) is 7.00. The first-order valence-electron chi connectivity index (χ1n) is 6.12. The smallest absolute Gasteiger partial charge is 0.342 e. The average Bonchev–Trinajstić information content (AvgIpc) is 3.15. The van der Waals surface area contributed by atoms with Crippen molar-refractivity contribution in [2.45, 2.75) is 6.61 Å². The molecule has 0 spiro atoms. The Morgan fingerprint density at radius 1 is 1.29 bits per heavy atom. The summed E-state index contributed by atoms with van der Waals surface area (Å²) in [5, 5.41) is 13.3. The minimum Gasteiger partial charge on any atom is -0.477 e. The van der Waals surface area contributed by atoms with Gasteiger partial charge in [-0.2, -0.15) is 5.10 Å². The summed E-state index contributed by atoms with van der Waals surface area (Å²) in [5.41, 5.74) is 2.47. The molecule has 3 aromatic rings. The maximum atomic E-state index is 11.3. The number of thiazole rings is 1. The SMILES string of the molecule is O=C(O)c1cnn(-c2ccccc2)c1OCc1cncs1. The summed E-state index contributed by atoms with van der Waals surface area (Å²) in [6.07, 6.45) is 2.98. The molecule has 3 rings (SSSR count). The van der Waals surface area contributed by atoms with E-state index in [1.807, 2.05) is 30.3 Å². The van der Waals surface area contributed by atoms with E-state index < -0.39 is 5.97 Å². The number of ether oxygens (including phenoxy) is 1. The Morgan fingerprint density at radius 3 is 2.76 bits per heavy atom. The molecule has 2 heterocycles. The monoisotopic (exact) mass is 301 g/mol. The zero-order valence-electron chi connectivity index (χ0n) is 10.8. The molecule has 0 atom stereocenters. The molecule has 1 N–H and O–H groups in total. The predicted molar refractivity (Wildman–Crippen MR) is 77.0 cm³/mol. The number of aromatic carboxylic acids is 1. The molecule has 0 radical (unpaired) electrons. The summed E-state index contributed by atoms with van der Waals surface area (Å²) in [6, 6.07) is 9.24. The van der Waals surface area contributed by atoms with Crippen LogP contribution in [0.3, 0.4) is 0 Å². The quantitative estimate of drug-likeness (QED) is 0.784. The minimum absolute atomic E-state index is 0.0309. The van der Waals surface area contributed by atoms with Gasteiger partial charge in [0, 0.05) is 6.20 Å². The molecule has 21 heavy (non-hydrogen) atoms. The summed E-state index contributed by atoms with van der Waals surface area (Å²) in [4.78, 5) is 16.2. The van der Waals surface area contributed by atoms with Crippen LogP contribution in [0.5, 0.6) is 5.88 Å². The third kappa shape index (κ3) is 2.77. The van der Waals surface area contributed by atoms with Gasteiger partial charge in [-0.1, -0.05) is 18.2 Å². The van der Waals surface area contributed by atoms with Crippen molar-refractivity contribution >= 4 is 17.3 Å². The Balaban J connectivity index is 1.95. The van der Waals surface area contributed by atoms with Crippen LogP contribution in [0.15, 0.2) is 48.2 Å². The molecular formula is C14H11N3O3S. The zero-order chi connectivity index (χ0) is 14.7. The number of benzene rings is 1. The summed E-state index contributed by atoms with van der Waals surface area (Å²) >= 11 is 1.45. The van der Waals surface area contributed by atoms with Crippen molar-refractivity contribution in [3.8, 4) is 11.6 Å². The fraction of sp³-hybridized carbons (Fsp3) is 0.0714. The first kappa shape index (κ1) is 13.3. The second-order valence-corrected chi connectivity index (χ2v) is 5.14. The second-order valence-electron chi connectivity index (χ2n) is 4.17. The highest BCUT2D eigenvalue weighted by molar-refractivity contribution is 7.09. The standard InChI is InChI=1S/C14H11N3O3S/c18-14(19)12-7-16-17(10-4-2-1-3-5-10)13(12)20-8-11-6-15-9-21-11/h1-7,9H,8H2,(H,18,19). The van der Waals surface area contributed by atoms with E-state index in [2.05, 4.69) is 10.1 Å². The molecule has 0 fully saturated rings. The summed E-state index contributed by atoms with van der Waals surface area (Å²) in [6.45, 7) is 0.253. The van der Waals surface area contributed by atoms with Crippen LogP contribution in [0.2, 0.25) is 0 Å². The van der Waals surface area contributed by atoms with Crippen molar-refractivity contribution in [1.29, 1.82) is 0 Å². The van der Waals surface area contributed by atoms with Crippen molar-refractivity contribution in [2.24, 2.45) is 0 Å². The molecule has 0 amide bonds. The van der Waals surface area contributed by atoms with Gasteiger partial charge in [0.15, 0.2) is 0 Å². The van der Waals surface area contributed by atoms with Gasteiger partial charge in [0.1, 0.15) is 12.2 Å². The first-order chi connectivity index (χ1) is 10.3. The van der Waals surface area contributed by atoms with Gasteiger partial charge in [0.2, 0.25) is 5.88 Å². The van der Waals surface area contributed by atoms with E-state index in [1.54, 1.807) is 11.7 Å². The van der Waals surface area contributed by atoms with Gasteiger partial charge in [-0.05, 0) is 12.1 Å². The normalized spacial score (nSPS) is 10.5. The maximum Gasteiger partial charge on any atom is 0.342 e. The van der Waals surface area contributed by atoms with E-state index >= 15 is 0 Å². The van der Waals surface area contributed by atoms with Gasteiger partial charge >= 0.3 is 5.97 Å². The lowest BCUT2D eigenvalue weighted by Gasteiger charge is -2.09. The van der Waals surface area contributed by atoms with Crippen LogP contribution in [-0.4, -0.2) is 25.8 Å². The zero-order valence-corrected chi connectivity index (χ0v) is 11.7. The molecule has 0 unspecified atom stereocenters. The predicted octanol–water partition coefficient (Wildman–Crippen LogP) is 2.61. The van der Waals surface area contributed by atoms with Crippen molar-refractivity contribution in [2.75, 3.05) is 0 Å². The number of hydrogen-bond donors (Lipinski definition) is 1. The lowest BCUT2D eigenvalue weighted by molar-refractivity contribution is 0.0691.